The molecule has 2 aromatic carbocycles. The van der Waals surface area contributed by atoms with Gasteiger partial charge in [0, 0.05) is 5.41 Å². The summed E-state index contributed by atoms with van der Waals surface area (Å²) in [6.45, 7) is 0.556. The zero-order chi connectivity index (χ0) is 13.6. The summed E-state index contributed by atoms with van der Waals surface area (Å²) < 4.78 is 5.29. The van der Waals surface area contributed by atoms with Crippen LogP contribution >= 0.6 is 0 Å². The topological polar surface area (TPSA) is 26.3 Å². The second-order valence-electron chi connectivity index (χ2n) is 5.78. The van der Waals surface area contributed by atoms with E-state index in [0.717, 1.165) is 12.8 Å². The lowest BCUT2D eigenvalue weighted by molar-refractivity contribution is -0.142. The van der Waals surface area contributed by atoms with E-state index in [4.69, 9.17) is 4.74 Å². The first-order valence-corrected chi connectivity index (χ1v) is 7.08. The molecule has 1 spiro atoms. The summed E-state index contributed by atoms with van der Waals surface area (Å²) >= 11 is 0. The Morgan fingerprint density at radius 2 is 1.40 bits per heavy atom. The molecule has 20 heavy (non-hydrogen) atoms. The Balaban J connectivity index is 1.91. The third-order valence-electron chi connectivity index (χ3n) is 4.94. The smallest absolute Gasteiger partial charge is 0.313 e. The van der Waals surface area contributed by atoms with E-state index in [1.807, 2.05) is 36.4 Å². The molecule has 2 aromatic rings. The number of hydrogen-bond acceptors (Lipinski definition) is 2. The molecule has 1 aliphatic heterocycles. The maximum absolute atomic E-state index is 12.3. The van der Waals surface area contributed by atoms with Crippen LogP contribution in [0.5, 0.6) is 0 Å². The van der Waals surface area contributed by atoms with Crippen molar-refractivity contribution in [2.75, 3.05) is 6.61 Å². The van der Waals surface area contributed by atoms with E-state index in [0.29, 0.717) is 6.61 Å². The van der Waals surface area contributed by atoms with E-state index in [2.05, 4.69) is 24.3 Å². The highest BCUT2D eigenvalue weighted by atomic mass is 16.5. The third-order valence-corrected chi connectivity index (χ3v) is 4.94. The average Bonchev–Trinajstić information content (AvgIpc) is 3.07. The highest BCUT2D eigenvalue weighted by Gasteiger charge is 2.75. The zero-order valence-corrected chi connectivity index (χ0v) is 11.2. The molecule has 0 aromatic heterocycles. The van der Waals surface area contributed by atoms with E-state index in [9.17, 15) is 4.79 Å². The summed E-state index contributed by atoms with van der Waals surface area (Å²) in [6.07, 6.45) is 1.70. The summed E-state index contributed by atoms with van der Waals surface area (Å²) in [6, 6.07) is 20.8. The van der Waals surface area contributed by atoms with Gasteiger partial charge >= 0.3 is 5.97 Å². The Bertz CT molecular complexity index is 608. The molecule has 1 heterocycles. The molecular weight excluding hydrogens is 248 g/mol. The largest absolute Gasteiger partial charge is 0.465 e. The van der Waals surface area contributed by atoms with Crippen LogP contribution in [0.15, 0.2) is 60.7 Å². The number of benzene rings is 2. The van der Waals surface area contributed by atoms with Crippen molar-refractivity contribution < 1.29 is 9.53 Å². The van der Waals surface area contributed by atoms with Crippen LogP contribution in [0.25, 0.3) is 0 Å². The summed E-state index contributed by atoms with van der Waals surface area (Å²) in [5.74, 6) is -0.0230. The maximum atomic E-state index is 12.3. The monoisotopic (exact) mass is 264 g/mol. The zero-order valence-electron chi connectivity index (χ0n) is 11.2. The van der Waals surface area contributed by atoms with Crippen molar-refractivity contribution in [3.05, 3.63) is 71.8 Å². The molecule has 0 radical (unpaired) electrons. The number of carbonyl (C=O) groups excluding carboxylic acids is 1. The molecule has 1 atom stereocenters. The van der Waals surface area contributed by atoms with Crippen LogP contribution in [-0.2, 0) is 14.9 Å². The van der Waals surface area contributed by atoms with Crippen molar-refractivity contribution in [1.82, 2.24) is 0 Å². The molecule has 0 amide bonds. The minimum atomic E-state index is -0.338. The van der Waals surface area contributed by atoms with Gasteiger partial charge in [-0.05, 0) is 24.0 Å². The van der Waals surface area contributed by atoms with Gasteiger partial charge in [-0.1, -0.05) is 60.7 Å². The Hall–Kier alpha value is -2.09. The van der Waals surface area contributed by atoms with Crippen molar-refractivity contribution in [2.45, 2.75) is 18.3 Å². The lowest BCUT2D eigenvalue weighted by Gasteiger charge is -2.21. The minimum Gasteiger partial charge on any atom is -0.465 e. The van der Waals surface area contributed by atoms with Gasteiger partial charge in [0.15, 0.2) is 0 Å². The highest BCUT2D eigenvalue weighted by Crippen LogP contribution is 2.71. The average molecular weight is 264 g/mol. The van der Waals surface area contributed by atoms with Gasteiger partial charge in [0.25, 0.3) is 0 Å². The third kappa shape index (κ3) is 1.31. The van der Waals surface area contributed by atoms with Crippen LogP contribution in [0.3, 0.4) is 0 Å². The minimum absolute atomic E-state index is 0.0230. The fourth-order valence-corrected chi connectivity index (χ4v) is 3.88. The number of hydrogen-bond donors (Lipinski definition) is 0. The number of rotatable bonds is 2. The van der Waals surface area contributed by atoms with Crippen LogP contribution in [-0.4, -0.2) is 12.6 Å². The van der Waals surface area contributed by atoms with Crippen LogP contribution in [0.2, 0.25) is 0 Å². The summed E-state index contributed by atoms with van der Waals surface area (Å²) in [4.78, 5) is 12.3. The number of esters is 1. The number of cyclic esters (lactones) is 1. The fourth-order valence-electron chi connectivity index (χ4n) is 3.88. The predicted molar refractivity (Wildman–Crippen MR) is 76.3 cm³/mol. The van der Waals surface area contributed by atoms with E-state index < -0.39 is 0 Å². The summed E-state index contributed by atoms with van der Waals surface area (Å²) in [5, 5.41) is 0. The Morgan fingerprint density at radius 3 is 1.85 bits per heavy atom. The molecule has 2 fully saturated rings. The first-order valence-electron chi connectivity index (χ1n) is 7.08. The molecule has 0 N–H and O–H groups in total. The first-order chi connectivity index (χ1) is 9.80. The molecule has 4 rings (SSSR count). The molecule has 1 aliphatic carbocycles. The molecule has 0 bridgehead atoms. The van der Waals surface area contributed by atoms with Crippen LogP contribution in [0.4, 0.5) is 0 Å². The molecule has 1 unspecified atom stereocenters. The van der Waals surface area contributed by atoms with E-state index >= 15 is 0 Å². The molecule has 100 valence electrons. The molecule has 2 heteroatoms. The first kappa shape index (κ1) is 11.7. The van der Waals surface area contributed by atoms with Gasteiger partial charge in [0.1, 0.15) is 0 Å². The van der Waals surface area contributed by atoms with Crippen molar-refractivity contribution in [3.63, 3.8) is 0 Å². The van der Waals surface area contributed by atoms with E-state index in [-0.39, 0.29) is 16.8 Å². The van der Waals surface area contributed by atoms with Gasteiger partial charge < -0.3 is 4.74 Å². The van der Waals surface area contributed by atoms with Crippen LogP contribution < -0.4 is 0 Å². The van der Waals surface area contributed by atoms with Gasteiger partial charge in [0.2, 0.25) is 0 Å². The normalized spacial score (nSPS) is 26.5. The predicted octanol–water partition coefficient (Wildman–Crippen LogP) is 3.31. The van der Waals surface area contributed by atoms with Crippen molar-refractivity contribution in [2.24, 2.45) is 5.41 Å². The molecule has 1 saturated carbocycles. The van der Waals surface area contributed by atoms with Crippen molar-refractivity contribution in [3.8, 4) is 0 Å². The second kappa shape index (κ2) is 3.95. The number of carbonyl (C=O) groups is 1. The molecule has 1 saturated heterocycles. The SMILES string of the molecule is O=C1OCCC12CC2(c1ccccc1)c1ccccc1. The molecular formula is C18H16O2. The van der Waals surface area contributed by atoms with E-state index in [1.165, 1.54) is 11.1 Å². The van der Waals surface area contributed by atoms with Gasteiger partial charge in [-0.25, -0.2) is 0 Å². The number of ether oxygens (including phenoxy) is 1. The van der Waals surface area contributed by atoms with Crippen LogP contribution in [0.1, 0.15) is 24.0 Å². The van der Waals surface area contributed by atoms with Gasteiger partial charge in [-0.3, -0.25) is 4.79 Å². The van der Waals surface area contributed by atoms with E-state index in [1.54, 1.807) is 0 Å². The standard InChI is InChI=1S/C18H16O2/c19-16-17(11-12-20-16)13-18(17,14-7-3-1-4-8-14)15-9-5-2-6-10-15/h1-10H,11-13H2. The van der Waals surface area contributed by atoms with Crippen LogP contribution in [0, 0.1) is 5.41 Å². The highest BCUT2D eigenvalue weighted by molar-refractivity contribution is 5.87. The Kier molecular flexibility index (Phi) is 2.31. The van der Waals surface area contributed by atoms with Gasteiger partial charge in [-0.15, -0.1) is 0 Å². The van der Waals surface area contributed by atoms with Gasteiger partial charge in [0.05, 0.1) is 12.0 Å². The second-order valence-corrected chi connectivity index (χ2v) is 5.78. The fraction of sp³-hybridized carbons (Fsp3) is 0.278. The maximum Gasteiger partial charge on any atom is 0.313 e. The summed E-state index contributed by atoms with van der Waals surface area (Å²) in [5.41, 5.74) is 1.92. The lowest BCUT2D eigenvalue weighted by atomic mass is 9.79. The quantitative estimate of drug-likeness (QED) is 0.778. The Labute approximate surface area is 118 Å². The Morgan fingerprint density at radius 1 is 0.850 bits per heavy atom. The molecule has 2 nitrogen and oxygen atoms in total. The lowest BCUT2D eigenvalue weighted by Crippen LogP contribution is -2.24. The summed E-state index contributed by atoms with van der Waals surface area (Å²) in [7, 11) is 0. The molecule has 2 aliphatic rings. The van der Waals surface area contributed by atoms with Crippen molar-refractivity contribution in [1.29, 1.82) is 0 Å². The van der Waals surface area contributed by atoms with Gasteiger partial charge in [-0.2, -0.15) is 0 Å². The van der Waals surface area contributed by atoms with Crippen molar-refractivity contribution >= 4 is 5.97 Å².